The van der Waals surface area contributed by atoms with Gasteiger partial charge in [-0.15, -0.1) is 0 Å². The minimum absolute atomic E-state index is 0.0752. The highest BCUT2D eigenvalue weighted by molar-refractivity contribution is 6.02. The molecule has 1 aromatic heterocycles. The molecule has 1 saturated heterocycles. The molecule has 0 aliphatic carbocycles. The Morgan fingerprint density at radius 3 is 2.90 bits per heavy atom. The van der Waals surface area contributed by atoms with E-state index in [0.29, 0.717) is 11.8 Å². The fraction of sp³-hybridized carbons (Fsp3) is 0.417. The number of hydrogen-bond acceptors (Lipinski definition) is 3. The Bertz CT molecular complexity index is 1010. The van der Waals surface area contributed by atoms with Gasteiger partial charge in [0.2, 0.25) is 0 Å². The minimum atomic E-state index is 0.0752. The third-order valence-corrected chi connectivity index (χ3v) is 6.56. The highest BCUT2D eigenvalue weighted by atomic mass is 16.2. The highest BCUT2D eigenvalue weighted by Gasteiger charge is 2.34. The number of carbonyl (C=O) groups is 1. The normalized spacial score (nSPS) is 23.7. The van der Waals surface area contributed by atoms with E-state index in [-0.39, 0.29) is 11.5 Å². The van der Waals surface area contributed by atoms with Crippen molar-refractivity contribution < 1.29 is 4.79 Å². The zero-order valence-electron chi connectivity index (χ0n) is 16.7. The number of aromatic nitrogens is 1. The van der Waals surface area contributed by atoms with Crippen LogP contribution in [0.15, 0.2) is 59.4 Å². The molecular weight excluding hydrogens is 362 g/mol. The number of carbonyl (C=O) groups excluding carboxylic acids is 1. The van der Waals surface area contributed by atoms with Crippen molar-refractivity contribution in [2.75, 3.05) is 31.1 Å². The molecule has 2 bridgehead atoms. The molecule has 2 aromatic rings. The molecule has 1 amide bonds. The molecule has 5 rings (SSSR count). The summed E-state index contributed by atoms with van der Waals surface area (Å²) >= 11 is 0. The van der Waals surface area contributed by atoms with E-state index >= 15 is 0 Å². The summed E-state index contributed by atoms with van der Waals surface area (Å²) in [6.45, 7) is 4.33. The SMILES string of the molecule is O=C(/C=C/CN1C[C@H]2C[C@H](C1)c1cccc(=O)n1C2)N1CCCc2ccccc21. The Kier molecular flexibility index (Phi) is 4.84. The van der Waals surface area contributed by atoms with Crippen LogP contribution in [-0.2, 0) is 17.8 Å². The van der Waals surface area contributed by atoms with E-state index in [1.165, 1.54) is 11.3 Å². The van der Waals surface area contributed by atoms with Gasteiger partial charge in [-0.1, -0.05) is 30.3 Å². The molecule has 2 atom stereocenters. The van der Waals surface area contributed by atoms with E-state index in [1.807, 2.05) is 39.8 Å². The predicted octanol–water partition coefficient (Wildman–Crippen LogP) is 2.80. The van der Waals surface area contributed by atoms with Gasteiger partial charge in [-0.05, 0) is 42.9 Å². The second-order valence-electron chi connectivity index (χ2n) is 8.54. The Hall–Kier alpha value is -2.66. The van der Waals surface area contributed by atoms with Crippen LogP contribution < -0.4 is 10.5 Å². The predicted molar refractivity (Wildman–Crippen MR) is 114 cm³/mol. The molecular formula is C24H27N3O2. The largest absolute Gasteiger partial charge is 0.312 e. The fourth-order valence-electron chi connectivity index (χ4n) is 5.30. The molecule has 3 aliphatic heterocycles. The van der Waals surface area contributed by atoms with Crippen LogP contribution in [0.1, 0.15) is 30.0 Å². The molecule has 29 heavy (non-hydrogen) atoms. The molecule has 0 radical (unpaired) electrons. The number of fused-ring (bicyclic) bond motifs is 5. The molecule has 1 fully saturated rings. The lowest BCUT2D eigenvalue weighted by atomic mass is 9.83. The minimum Gasteiger partial charge on any atom is -0.312 e. The van der Waals surface area contributed by atoms with Crippen LogP contribution in [0.4, 0.5) is 5.69 Å². The molecule has 5 heteroatoms. The summed E-state index contributed by atoms with van der Waals surface area (Å²) in [6.07, 6.45) is 6.98. The summed E-state index contributed by atoms with van der Waals surface area (Å²) in [7, 11) is 0. The summed E-state index contributed by atoms with van der Waals surface area (Å²) in [5, 5.41) is 0. The number of piperidine rings is 1. The maximum atomic E-state index is 12.8. The highest BCUT2D eigenvalue weighted by Crippen LogP contribution is 2.34. The van der Waals surface area contributed by atoms with Crippen molar-refractivity contribution in [1.29, 1.82) is 0 Å². The molecule has 5 nitrogen and oxygen atoms in total. The van der Waals surface area contributed by atoms with E-state index in [1.54, 1.807) is 12.1 Å². The first kappa shape index (κ1) is 18.4. The fourth-order valence-corrected chi connectivity index (χ4v) is 5.30. The maximum absolute atomic E-state index is 12.8. The van der Waals surface area contributed by atoms with E-state index in [0.717, 1.165) is 57.7 Å². The van der Waals surface area contributed by atoms with Gasteiger partial charge in [0, 0.05) is 62.2 Å². The van der Waals surface area contributed by atoms with Gasteiger partial charge in [0.25, 0.3) is 11.5 Å². The van der Waals surface area contributed by atoms with Gasteiger partial charge < -0.3 is 9.47 Å². The van der Waals surface area contributed by atoms with Gasteiger partial charge in [0.05, 0.1) is 0 Å². The summed E-state index contributed by atoms with van der Waals surface area (Å²) in [6, 6.07) is 13.8. The van der Waals surface area contributed by atoms with Crippen LogP contribution >= 0.6 is 0 Å². The molecule has 1 aromatic carbocycles. The Balaban J connectivity index is 1.24. The Labute approximate surface area is 171 Å². The van der Waals surface area contributed by atoms with Gasteiger partial charge in [-0.3, -0.25) is 14.5 Å². The number of hydrogen-bond donors (Lipinski definition) is 0. The van der Waals surface area contributed by atoms with Crippen LogP contribution in [0.5, 0.6) is 0 Å². The standard InChI is InChI=1S/C24H27N3O2/c28-23(26-13-4-7-19-6-1-2-8-21(19)26)11-5-12-25-15-18-14-20(17-25)22-9-3-10-24(29)27(22)16-18/h1-3,5-6,8-11,18,20H,4,7,12-17H2/b11-5+/t18-,20-/m1/s1. The molecule has 0 N–H and O–H groups in total. The zero-order chi connectivity index (χ0) is 19.8. The summed E-state index contributed by atoms with van der Waals surface area (Å²) in [4.78, 5) is 29.3. The van der Waals surface area contributed by atoms with Gasteiger partial charge in [0.1, 0.15) is 0 Å². The average molecular weight is 389 g/mol. The van der Waals surface area contributed by atoms with Crippen molar-refractivity contribution in [1.82, 2.24) is 9.47 Å². The summed E-state index contributed by atoms with van der Waals surface area (Å²) < 4.78 is 1.96. The third-order valence-electron chi connectivity index (χ3n) is 6.56. The lowest BCUT2D eigenvalue weighted by molar-refractivity contribution is -0.114. The molecule has 4 heterocycles. The number of likely N-dealkylation sites (tertiary alicyclic amines) is 1. The van der Waals surface area contributed by atoms with E-state index in [2.05, 4.69) is 17.0 Å². The zero-order valence-corrected chi connectivity index (χ0v) is 16.7. The molecule has 0 spiro atoms. The maximum Gasteiger partial charge on any atom is 0.250 e. The number of benzene rings is 1. The average Bonchev–Trinajstić information content (AvgIpc) is 2.74. The number of aryl methyl sites for hydroxylation is 1. The Morgan fingerprint density at radius 2 is 1.97 bits per heavy atom. The lowest BCUT2D eigenvalue weighted by Crippen LogP contribution is -2.47. The second-order valence-corrected chi connectivity index (χ2v) is 8.54. The first-order chi connectivity index (χ1) is 14.2. The van der Waals surface area contributed by atoms with Crippen molar-refractivity contribution >= 4 is 11.6 Å². The first-order valence-electron chi connectivity index (χ1n) is 10.7. The second kappa shape index (κ2) is 7.64. The summed E-state index contributed by atoms with van der Waals surface area (Å²) in [5.41, 5.74) is 3.61. The van der Waals surface area contributed by atoms with Crippen LogP contribution in [-0.4, -0.2) is 41.6 Å². The molecule has 150 valence electrons. The van der Waals surface area contributed by atoms with Crippen LogP contribution in [0.3, 0.4) is 0 Å². The van der Waals surface area contributed by atoms with Crippen molar-refractivity contribution in [2.24, 2.45) is 5.92 Å². The quantitative estimate of drug-likeness (QED) is 0.759. The molecule has 0 saturated carbocycles. The van der Waals surface area contributed by atoms with Crippen LogP contribution in [0.2, 0.25) is 0 Å². The van der Waals surface area contributed by atoms with Gasteiger partial charge in [-0.2, -0.15) is 0 Å². The Morgan fingerprint density at radius 1 is 1.07 bits per heavy atom. The van der Waals surface area contributed by atoms with Crippen LogP contribution in [0.25, 0.3) is 0 Å². The number of amides is 1. The van der Waals surface area contributed by atoms with Crippen LogP contribution in [0, 0.1) is 5.92 Å². The number of pyridine rings is 1. The molecule has 3 aliphatic rings. The van der Waals surface area contributed by atoms with Gasteiger partial charge >= 0.3 is 0 Å². The number of anilines is 1. The third kappa shape index (κ3) is 3.55. The van der Waals surface area contributed by atoms with Crippen molar-refractivity contribution in [2.45, 2.75) is 31.7 Å². The van der Waals surface area contributed by atoms with E-state index in [4.69, 9.17) is 0 Å². The van der Waals surface area contributed by atoms with Crippen molar-refractivity contribution in [3.8, 4) is 0 Å². The number of para-hydroxylation sites is 1. The van der Waals surface area contributed by atoms with Gasteiger partial charge in [0.15, 0.2) is 0 Å². The topological polar surface area (TPSA) is 45.6 Å². The first-order valence-corrected chi connectivity index (χ1v) is 10.7. The smallest absolute Gasteiger partial charge is 0.250 e. The monoisotopic (exact) mass is 389 g/mol. The van der Waals surface area contributed by atoms with Crippen molar-refractivity contribution in [3.63, 3.8) is 0 Å². The van der Waals surface area contributed by atoms with E-state index in [9.17, 15) is 9.59 Å². The van der Waals surface area contributed by atoms with Gasteiger partial charge in [-0.25, -0.2) is 0 Å². The van der Waals surface area contributed by atoms with E-state index < -0.39 is 0 Å². The van der Waals surface area contributed by atoms with Crippen molar-refractivity contribution in [3.05, 3.63) is 76.2 Å². The lowest BCUT2D eigenvalue weighted by Gasteiger charge is -2.42. The number of rotatable bonds is 3. The summed E-state index contributed by atoms with van der Waals surface area (Å²) in [5.74, 6) is 1.00. The molecule has 0 unspecified atom stereocenters. The number of nitrogens with zero attached hydrogens (tertiary/aromatic N) is 3.